The molecule has 3 aromatic carbocycles. The van der Waals surface area contributed by atoms with E-state index in [-0.39, 0.29) is 12.4 Å². The summed E-state index contributed by atoms with van der Waals surface area (Å²) in [7, 11) is 0. The molecule has 3 nitrogen and oxygen atoms in total. The Morgan fingerprint density at radius 1 is 1.00 bits per heavy atom. The van der Waals surface area contributed by atoms with Crippen LogP contribution in [0.4, 0.5) is 11.4 Å². The van der Waals surface area contributed by atoms with Crippen molar-refractivity contribution in [1.82, 2.24) is 0 Å². The maximum Gasteiger partial charge on any atom is 0.196 e. The summed E-state index contributed by atoms with van der Waals surface area (Å²) in [5.74, 6) is 0.0138. The molecule has 0 atom stereocenters. The number of aliphatic hydroxyl groups is 1. The Labute approximate surface area is 179 Å². The number of aryl methyl sites for hydroxylation is 2. The zero-order valence-corrected chi connectivity index (χ0v) is 18.1. The summed E-state index contributed by atoms with van der Waals surface area (Å²) in [6.07, 6.45) is 0.606. The van der Waals surface area contributed by atoms with Gasteiger partial charge in [0, 0.05) is 16.6 Å². The molecule has 1 aliphatic rings. The zero-order valence-electron chi connectivity index (χ0n) is 16.5. The summed E-state index contributed by atoms with van der Waals surface area (Å²) in [6, 6.07) is 15.7. The molecule has 0 saturated heterocycles. The number of benzene rings is 3. The van der Waals surface area contributed by atoms with Crippen LogP contribution < -0.4 is 5.32 Å². The highest BCUT2D eigenvalue weighted by Crippen LogP contribution is 2.41. The van der Waals surface area contributed by atoms with E-state index in [0.29, 0.717) is 17.5 Å². The van der Waals surface area contributed by atoms with E-state index in [1.165, 1.54) is 0 Å². The van der Waals surface area contributed by atoms with Crippen molar-refractivity contribution >= 4 is 38.7 Å². The number of hydrogen-bond acceptors (Lipinski definition) is 3. The fraction of sp³-hybridized carbons (Fsp3) is 0.160. The highest BCUT2D eigenvalue weighted by atomic mass is 79.9. The van der Waals surface area contributed by atoms with Crippen LogP contribution >= 0.6 is 15.9 Å². The van der Waals surface area contributed by atoms with Gasteiger partial charge in [0.05, 0.1) is 16.9 Å². The number of halogens is 1. The first-order valence-corrected chi connectivity index (χ1v) is 10.4. The Morgan fingerprint density at radius 3 is 2.41 bits per heavy atom. The second-order valence-electron chi connectivity index (χ2n) is 7.40. The smallest absolute Gasteiger partial charge is 0.196 e. The van der Waals surface area contributed by atoms with Crippen LogP contribution in [0.3, 0.4) is 0 Å². The Morgan fingerprint density at radius 2 is 1.72 bits per heavy atom. The van der Waals surface area contributed by atoms with E-state index in [0.717, 1.165) is 49.2 Å². The molecule has 0 bridgehead atoms. The fourth-order valence-corrected chi connectivity index (χ4v) is 4.74. The van der Waals surface area contributed by atoms with E-state index in [2.05, 4.69) is 33.9 Å². The molecule has 2 N–H and O–H groups in total. The summed E-state index contributed by atoms with van der Waals surface area (Å²) in [4.78, 5) is 13.4. The number of carbonyl (C=O) groups is 1. The van der Waals surface area contributed by atoms with Crippen LogP contribution in [-0.4, -0.2) is 17.5 Å². The van der Waals surface area contributed by atoms with Crippen LogP contribution in [0.1, 0.15) is 43.7 Å². The molecule has 0 heterocycles. The lowest BCUT2D eigenvalue weighted by molar-refractivity contribution is 0.103. The van der Waals surface area contributed by atoms with Gasteiger partial charge in [-0.25, -0.2) is 0 Å². The van der Waals surface area contributed by atoms with Gasteiger partial charge in [0.15, 0.2) is 5.78 Å². The van der Waals surface area contributed by atoms with Crippen molar-refractivity contribution in [2.24, 2.45) is 0 Å². The van der Waals surface area contributed by atoms with Gasteiger partial charge in [-0.1, -0.05) is 43.0 Å². The molecule has 29 heavy (non-hydrogen) atoms. The van der Waals surface area contributed by atoms with Crippen LogP contribution in [0.25, 0.3) is 5.57 Å². The highest BCUT2D eigenvalue weighted by Gasteiger charge is 2.29. The van der Waals surface area contributed by atoms with Crippen molar-refractivity contribution in [3.63, 3.8) is 0 Å². The molecular weight excluding hydrogens is 426 g/mol. The van der Waals surface area contributed by atoms with Crippen molar-refractivity contribution in [3.8, 4) is 0 Å². The van der Waals surface area contributed by atoms with Crippen molar-refractivity contribution in [2.45, 2.75) is 20.3 Å². The first-order valence-electron chi connectivity index (χ1n) is 9.56. The lowest BCUT2D eigenvalue weighted by Gasteiger charge is -2.26. The van der Waals surface area contributed by atoms with Crippen LogP contribution in [-0.2, 0) is 6.42 Å². The van der Waals surface area contributed by atoms with E-state index < -0.39 is 0 Å². The van der Waals surface area contributed by atoms with E-state index in [9.17, 15) is 9.90 Å². The normalized spacial score (nSPS) is 12.6. The van der Waals surface area contributed by atoms with Gasteiger partial charge in [-0.15, -0.1) is 0 Å². The number of hydrogen-bond donors (Lipinski definition) is 2. The predicted molar refractivity (Wildman–Crippen MR) is 122 cm³/mol. The van der Waals surface area contributed by atoms with E-state index in [1.807, 2.05) is 56.3 Å². The number of ketones is 1. The first kappa shape index (κ1) is 19.6. The number of carbonyl (C=O) groups excluding carboxylic acids is 1. The monoisotopic (exact) mass is 447 g/mol. The molecule has 0 unspecified atom stereocenters. The highest BCUT2D eigenvalue weighted by molar-refractivity contribution is 9.10. The average Bonchev–Trinajstić information content (AvgIpc) is 2.70. The van der Waals surface area contributed by atoms with Crippen LogP contribution in [0.15, 0.2) is 59.6 Å². The van der Waals surface area contributed by atoms with Gasteiger partial charge in [-0.05, 0) is 81.7 Å². The molecule has 1 aliphatic carbocycles. The van der Waals surface area contributed by atoms with Crippen LogP contribution in [0.5, 0.6) is 0 Å². The Balaban J connectivity index is 1.84. The van der Waals surface area contributed by atoms with Gasteiger partial charge < -0.3 is 10.4 Å². The number of fused-ring (bicyclic) bond motifs is 2. The van der Waals surface area contributed by atoms with Gasteiger partial charge in [-0.3, -0.25) is 4.79 Å². The molecule has 0 spiro atoms. The SMILES string of the molecule is C=C1c2ccccc2C(=O)c2c(Nc3c(C)cc(CCO)cc3Br)ccc(C)c21. The maximum absolute atomic E-state index is 13.4. The molecule has 4 heteroatoms. The molecule has 0 aliphatic heterocycles. The second kappa shape index (κ2) is 7.62. The summed E-state index contributed by atoms with van der Waals surface area (Å²) in [5.41, 5.74) is 8.86. The van der Waals surface area contributed by atoms with Gasteiger partial charge >= 0.3 is 0 Å². The van der Waals surface area contributed by atoms with Crippen LogP contribution in [0, 0.1) is 13.8 Å². The third-order valence-electron chi connectivity index (χ3n) is 5.45. The molecule has 3 aromatic rings. The molecule has 0 aromatic heterocycles. The molecule has 0 saturated carbocycles. The minimum Gasteiger partial charge on any atom is -0.396 e. The average molecular weight is 448 g/mol. The molecule has 4 rings (SSSR count). The minimum atomic E-state index is 0.0138. The number of aliphatic hydroxyl groups excluding tert-OH is 1. The molecule has 146 valence electrons. The molecular formula is C25H22BrNO2. The van der Waals surface area contributed by atoms with Crippen LogP contribution in [0.2, 0.25) is 0 Å². The summed E-state index contributed by atoms with van der Waals surface area (Å²) < 4.78 is 0.901. The second-order valence-corrected chi connectivity index (χ2v) is 8.26. The van der Waals surface area contributed by atoms with Crippen molar-refractivity contribution in [3.05, 3.63) is 98.5 Å². The fourth-order valence-electron chi connectivity index (χ4n) is 4.03. The molecule has 0 radical (unpaired) electrons. The van der Waals surface area contributed by atoms with E-state index in [4.69, 9.17) is 0 Å². The molecule has 0 fully saturated rings. The summed E-state index contributed by atoms with van der Waals surface area (Å²) in [6.45, 7) is 8.44. The summed E-state index contributed by atoms with van der Waals surface area (Å²) in [5, 5.41) is 12.7. The Hall–Kier alpha value is -2.69. The summed E-state index contributed by atoms with van der Waals surface area (Å²) >= 11 is 3.64. The number of anilines is 2. The third kappa shape index (κ3) is 3.33. The maximum atomic E-state index is 13.4. The van der Waals surface area contributed by atoms with E-state index in [1.54, 1.807) is 0 Å². The van der Waals surface area contributed by atoms with Crippen molar-refractivity contribution in [2.75, 3.05) is 11.9 Å². The number of rotatable bonds is 4. The van der Waals surface area contributed by atoms with Gasteiger partial charge in [0.2, 0.25) is 0 Å². The molecule has 0 amide bonds. The lowest BCUT2D eigenvalue weighted by atomic mass is 9.79. The Bertz CT molecular complexity index is 1140. The van der Waals surface area contributed by atoms with Gasteiger partial charge in [-0.2, -0.15) is 0 Å². The lowest BCUT2D eigenvalue weighted by Crippen LogP contribution is -2.17. The largest absolute Gasteiger partial charge is 0.396 e. The predicted octanol–water partition coefficient (Wildman–Crippen LogP) is 5.95. The quantitative estimate of drug-likeness (QED) is 0.406. The zero-order chi connectivity index (χ0) is 20.7. The first-order chi connectivity index (χ1) is 13.9. The van der Waals surface area contributed by atoms with E-state index >= 15 is 0 Å². The number of nitrogens with one attached hydrogen (secondary N) is 1. The van der Waals surface area contributed by atoms with Crippen molar-refractivity contribution in [1.29, 1.82) is 0 Å². The third-order valence-corrected chi connectivity index (χ3v) is 6.07. The van der Waals surface area contributed by atoms with Gasteiger partial charge in [0.1, 0.15) is 0 Å². The Kier molecular flexibility index (Phi) is 5.15. The minimum absolute atomic E-state index is 0.0138. The topological polar surface area (TPSA) is 49.3 Å². The standard InChI is InChI=1S/C25H22BrNO2/c1-14-8-9-21(27-24-15(2)12-17(10-11-28)13-20(24)26)23-22(14)16(3)18-6-4-5-7-19(18)25(23)29/h4-9,12-13,27-28H,3,10-11H2,1-2H3. The van der Waals surface area contributed by atoms with Crippen molar-refractivity contribution < 1.29 is 9.90 Å². The van der Waals surface area contributed by atoms with Gasteiger partial charge in [0.25, 0.3) is 0 Å².